The summed E-state index contributed by atoms with van der Waals surface area (Å²) in [5, 5.41) is 3.61. The van der Waals surface area contributed by atoms with Crippen LogP contribution in [0.3, 0.4) is 0 Å². The van der Waals surface area contributed by atoms with Crippen molar-refractivity contribution in [1.82, 2.24) is 10.3 Å². The monoisotopic (exact) mass is 280 g/mol. The lowest BCUT2D eigenvalue weighted by atomic mass is 10.2. The van der Waals surface area contributed by atoms with Gasteiger partial charge in [-0.3, -0.25) is 0 Å². The first-order chi connectivity index (χ1) is 8.34. The zero-order valence-corrected chi connectivity index (χ0v) is 11.7. The van der Waals surface area contributed by atoms with Crippen LogP contribution in [0, 0.1) is 5.92 Å². The number of halogens is 3. The molecule has 0 bridgehead atoms. The Bertz CT molecular complexity index is 372. The van der Waals surface area contributed by atoms with Gasteiger partial charge in [0, 0.05) is 6.54 Å². The number of thiazole rings is 1. The lowest BCUT2D eigenvalue weighted by molar-refractivity contribution is -0.141. The lowest BCUT2D eigenvalue weighted by Crippen LogP contribution is -2.20. The molecule has 0 aromatic carbocycles. The van der Waals surface area contributed by atoms with E-state index < -0.39 is 11.9 Å². The molecule has 0 radical (unpaired) electrons. The van der Waals surface area contributed by atoms with Crippen LogP contribution in [0.4, 0.5) is 13.2 Å². The highest BCUT2D eigenvalue weighted by Crippen LogP contribution is 2.34. The first kappa shape index (κ1) is 15.4. The van der Waals surface area contributed by atoms with Crippen LogP contribution in [0.5, 0.6) is 0 Å². The van der Waals surface area contributed by atoms with Crippen LogP contribution in [-0.4, -0.2) is 11.5 Å². The normalized spacial score (nSPS) is 12.4. The Balaban J connectivity index is 2.80. The summed E-state index contributed by atoms with van der Waals surface area (Å²) in [6, 6.07) is 0. The zero-order valence-electron chi connectivity index (χ0n) is 10.9. The van der Waals surface area contributed by atoms with Crippen LogP contribution in [-0.2, 0) is 19.1 Å². The number of nitrogens with zero attached hydrogens (tertiary/aromatic N) is 1. The predicted octanol–water partition coefficient (Wildman–Crippen LogP) is 3.86. The topological polar surface area (TPSA) is 24.9 Å². The van der Waals surface area contributed by atoms with E-state index in [0.717, 1.165) is 6.42 Å². The van der Waals surface area contributed by atoms with Crippen molar-refractivity contribution >= 4 is 11.3 Å². The average molecular weight is 280 g/mol. The Morgan fingerprint density at radius 3 is 2.50 bits per heavy atom. The average Bonchev–Trinajstić information content (AvgIpc) is 2.61. The number of hydrogen-bond acceptors (Lipinski definition) is 3. The summed E-state index contributed by atoms with van der Waals surface area (Å²) in [4.78, 5) is 4.02. The van der Waals surface area contributed by atoms with E-state index in [4.69, 9.17) is 0 Å². The smallest absolute Gasteiger partial charge is 0.312 e. The Hall–Kier alpha value is -0.620. The number of aryl methyl sites for hydroxylation is 1. The number of nitrogens with one attached hydrogen (secondary N) is 1. The Morgan fingerprint density at radius 1 is 1.33 bits per heavy atom. The van der Waals surface area contributed by atoms with Gasteiger partial charge < -0.3 is 5.32 Å². The highest BCUT2D eigenvalue weighted by molar-refractivity contribution is 7.11. The summed E-state index contributed by atoms with van der Waals surface area (Å²) in [5.74, 6) is 0.419. The van der Waals surface area contributed by atoms with Crippen molar-refractivity contribution in [2.75, 3.05) is 6.54 Å². The second-order valence-corrected chi connectivity index (χ2v) is 5.82. The van der Waals surface area contributed by atoms with Gasteiger partial charge in [-0.1, -0.05) is 20.8 Å². The molecule has 0 atom stereocenters. The molecule has 0 amide bonds. The molecule has 0 fully saturated rings. The van der Waals surface area contributed by atoms with E-state index in [1.807, 2.05) is 20.8 Å². The van der Waals surface area contributed by atoms with E-state index in [2.05, 4.69) is 10.3 Å². The van der Waals surface area contributed by atoms with Crippen molar-refractivity contribution in [3.05, 3.63) is 15.6 Å². The SMILES string of the molecule is CCCc1nc(C(F)(F)F)c(CNCC(C)C)s1. The fourth-order valence-corrected chi connectivity index (χ4v) is 2.70. The minimum absolute atomic E-state index is 0.244. The van der Waals surface area contributed by atoms with Crippen LogP contribution >= 0.6 is 11.3 Å². The molecule has 0 saturated heterocycles. The van der Waals surface area contributed by atoms with Gasteiger partial charge in [0.15, 0.2) is 5.69 Å². The molecular formula is C12H19F3N2S. The minimum Gasteiger partial charge on any atom is -0.312 e. The van der Waals surface area contributed by atoms with Crippen molar-refractivity contribution in [3.63, 3.8) is 0 Å². The van der Waals surface area contributed by atoms with E-state index in [1.54, 1.807) is 0 Å². The van der Waals surface area contributed by atoms with E-state index >= 15 is 0 Å². The number of rotatable bonds is 6. The lowest BCUT2D eigenvalue weighted by Gasteiger charge is -2.08. The van der Waals surface area contributed by atoms with Gasteiger partial charge in [0.1, 0.15) is 0 Å². The van der Waals surface area contributed by atoms with E-state index in [1.165, 1.54) is 11.3 Å². The van der Waals surface area contributed by atoms with Crippen LogP contribution in [0.2, 0.25) is 0 Å². The van der Waals surface area contributed by atoms with E-state index in [-0.39, 0.29) is 6.54 Å². The zero-order chi connectivity index (χ0) is 13.8. The maximum Gasteiger partial charge on any atom is 0.434 e. The highest BCUT2D eigenvalue weighted by Gasteiger charge is 2.37. The molecule has 0 aliphatic rings. The van der Waals surface area contributed by atoms with Gasteiger partial charge in [-0.05, 0) is 25.3 Å². The first-order valence-corrected chi connectivity index (χ1v) is 6.92. The summed E-state index contributed by atoms with van der Waals surface area (Å²) in [6.07, 6.45) is -2.93. The summed E-state index contributed by atoms with van der Waals surface area (Å²) in [7, 11) is 0. The number of aromatic nitrogens is 1. The fourth-order valence-electron chi connectivity index (χ4n) is 1.54. The highest BCUT2D eigenvalue weighted by atomic mass is 32.1. The first-order valence-electron chi connectivity index (χ1n) is 6.11. The molecular weight excluding hydrogens is 261 g/mol. The maximum absolute atomic E-state index is 12.8. The molecule has 0 spiro atoms. The van der Waals surface area contributed by atoms with Gasteiger partial charge >= 0.3 is 6.18 Å². The van der Waals surface area contributed by atoms with Gasteiger partial charge in [-0.15, -0.1) is 11.3 Å². The predicted molar refractivity (Wildman–Crippen MR) is 67.7 cm³/mol. The molecule has 1 aromatic rings. The molecule has 1 heterocycles. The van der Waals surface area contributed by atoms with Gasteiger partial charge in [-0.2, -0.15) is 13.2 Å². The molecule has 0 aliphatic heterocycles. The standard InChI is InChI=1S/C12H19F3N2S/c1-4-5-10-17-11(12(13,14)15)9(18-10)7-16-6-8(2)3/h8,16H,4-7H2,1-3H3. The third-order valence-electron chi connectivity index (χ3n) is 2.31. The Morgan fingerprint density at radius 2 is 2.00 bits per heavy atom. The fraction of sp³-hybridized carbons (Fsp3) is 0.750. The summed E-state index contributed by atoms with van der Waals surface area (Å²) in [6.45, 7) is 6.93. The third-order valence-corrected chi connectivity index (χ3v) is 3.43. The molecule has 2 nitrogen and oxygen atoms in total. The van der Waals surface area contributed by atoms with E-state index in [0.29, 0.717) is 28.8 Å². The molecule has 1 N–H and O–H groups in total. The van der Waals surface area contributed by atoms with Crippen LogP contribution in [0.1, 0.15) is 42.8 Å². The molecule has 1 aromatic heterocycles. The van der Waals surface area contributed by atoms with E-state index in [9.17, 15) is 13.2 Å². The summed E-state index contributed by atoms with van der Waals surface area (Å²) < 4.78 is 38.4. The molecule has 1 rings (SSSR count). The molecule has 0 aliphatic carbocycles. The van der Waals surface area contributed by atoms with Gasteiger partial charge in [0.2, 0.25) is 0 Å². The van der Waals surface area contributed by atoms with Crippen LogP contribution < -0.4 is 5.32 Å². The van der Waals surface area contributed by atoms with Crippen molar-refractivity contribution in [2.24, 2.45) is 5.92 Å². The summed E-state index contributed by atoms with van der Waals surface area (Å²) >= 11 is 1.17. The van der Waals surface area contributed by atoms with Gasteiger partial charge in [-0.25, -0.2) is 4.98 Å². The minimum atomic E-state index is -4.35. The van der Waals surface area contributed by atoms with Crippen molar-refractivity contribution < 1.29 is 13.2 Å². The summed E-state index contributed by atoms with van der Waals surface area (Å²) in [5.41, 5.74) is -0.716. The van der Waals surface area contributed by atoms with Crippen molar-refractivity contribution in [1.29, 1.82) is 0 Å². The maximum atomic E-state index is 12.8. The quantitative estimate of drug-likeness (QED) is 0.856. The number of hydrogen-bond donors (Lipinski definition) is 1. The van der Waals surface area contributed by atoms with Crippen LogP contribution in [0.15, 0.2) is 0 Å². The second kappa shape index (κ2) is 6.52. The second-order valence-electron chi connectivity index (χ2n) is 4.65. The Labute approximate surface area is 110 Å². The molecule has 0 saturated carbocycles. The number of alkyl halides is 3. The third kappa shape index (κ3) is 4.57. The van der Waals surface area contributed by atoms with Crippen molar-refractivity contribution in [3.8, 4) is 0 Å². The van der Waals surface area contributed by atoms with Gasteiger partial charge in [0.05, 0.1) is 9.88 Å². The molecule has 6 heteroatoms. The van der Waals surface area contributed by atoms with Crippen LogP contribution in [0.25, 0.3) is 0 Å². The molecule has 18 heavy (non-hydrogen) atoms. The molecule has 104 valence electrons. The molecule has 0 unspecified atom stereocenters. The van der Waals surface area contributed by atoms with Crippen molar-refractivity contribution in [2.45, 2.75) is 46.3 Å². The van der Waals surface area contributed by atoms with Gasteiger partial charge in [0.25, 0.3) is 0 Å². The Kier molecular flexibility index (Phi) is 5.59. The largest absolute Gasteiger partial charge is 0.434 e.